The normalized spacial score (nSPS) is 10.5. The smallest absolute Gasteiger partial charge is 0.269 e. The molecule has 0 saturated carbocycles. The molecule has 0 saturated heterocycles. The molecule has 0 bridgehead atoms. The van der Waals surface area contributed by atoms with Gasteiger partial charge in [-0.3, -0.25) is 19.5 Å². The number of nitro benzene ring substituents is 1. The number of aryl methyl sites for hydroxylation is 1. The lowest BCUT2D eigenvalue weighted by molar-refractivity contribution is -0.384. The van der Waals surface area contributed by atoms with Gasteiger partial charge in [-0.25, -0.2) is 0 Å². The van der Waals surface area contributed by atoms with Crippen LogP contribution in [0.15, 0.2) is 60.3 Å². The summed E-state index contributed by atoms with van der Waals surface area (Å²) in [7, 11) is 1.60. The maximum absolute atomic E-state index is 12.4. The second kappa shape index (κ2) is 11.1. The second-order valence-electron chi connectivity index (χ2n) is 6.86. The van der Waals surface area contributed by atoms with Crippen LogP contribution in [-0.2, 0) is 17.9 Å². The summed E-state index contributed by atoms with van der Waals surface area (Å²) >= 11 is 1.22. The predicted octanol–water partition coefficient (Wildman–Crippen LogP) is 4.00. The molecule has 0 atom stereocenters. The zero-order chi connectivity index (χ0) is 23.8. The number of rotatable bonds is 11. The van der Waals surface area contributed by atoms with Gasteiger partial charge in [0.25, 0.3) is 5.69 Å². The average molecular weight is 470 g/mol. The Bertz CT molecular complexity index is 1150. The maximum atomic E-state index is 12.4. The standard InChI is InChI=1S/C22H23N5O5S/c1-4-11-26-20(13-32-18-8-6-17(31-3)7-9-18)24-25-22(26)33-14-21(28)23-19-10-5-16(27(29)30)12-15(19)2/h4-10,12H,1,11,13-14H2,2-3H3,(H,23,28). The fourth-order valence-electron chi connectivity index (χ4n) is 2.88. The van der Waals surface area contributed by atoms with Crippen LogP contribution in [-0.4, -0.2) is 38.5 Å². The molecule has 0 aliphatic carbocycles. The van der Waals surface area contributed by atoms with Crippen molar-refractivity contribution < 1.29 is 19.2 Å². The molecule has 3 rings (SSSR count). The summed E-state index contributed by atoms with van der Waals surface area (Å²) in [4.78, 5) is 22.8. The van der Waals surface area contributed by atoms with Crippen LogP contribution >= 0.6 is 11.8 Å². The van der Waals surface area contributed by atoms with Crippen molar-refractivity contribution in [2.45, 2.75) is 25.2 Å². The van der Waals surface area contributed by atoms with E-state index in [9.17, 15) is 14.9 Å². The van der Waals surface area contributed by atoms with Crippen LogP contribution in [0, 0.1) is 17.0 Å². The Kier molecular flexibility index (Phi) is 8.03. The molecule has 33 heavy (non-hydrogen) atoms. The Morgan fingerprint density at radius 2 is 1.97 bits per heavy atom. The van der Waals surface area contributed by atoms with Crippen molar-refractivity contribution in [3.8, 4) is 11.5 Å². The molecule has 0 radical (unpaired) electrons. The van der Waals surface area contributed by atoms with Crippen LogP contribution in [0.4, 0.5) is 11.4 Å². The van der Waals surface area contributed by atoms with Crippen molar-refractivity contribution in [2.75, 3.05) is 18.2 Å². The van der Waals surface area contributed by atoms with E-state index in [-0.39, 0.29) is 24.0 Å². The summed E-state index contributed by atoms with van der Waals surface area (Å²) in [6, 6.07) is 11.5. The number of methoxy groups -OCH3 is 1. The van der Waals surface area contributed by atoms with Crippen molar-refractivity contribution in [1.29, 1.82) is 0 Å². The van der Waals surface area contributed by atoms with Gasteiger partial charge >= 0.3 is 0 Å². The number of hydrogen-bond acceptors (Lipinski definition) is 8. The Hall–Kier alpha value is -3.86. The molecule has 3 aromatic rings. The van der Waals surface area contributed by atoms with Crippen LogP contribution in [0.25, 0.3) is 0 Å². The summed E-state index contributed by atoms with van der Waals surface area (Å²) in [5.74, 6) is 1.82. The number of anilines is 1. The number of benzene rings is 2. The van der Waals surface area contributed by atoms with Gasteiger partial charge in [-0.1, -0.05) is 17.8 Å². The van der Waals surface area contributed by atoms with Crippen LogP contribution in [0.3, 0.4) is 0 Å². The average Bonchev–Trinajstić information content (AvgIpc) is 3.19. The molecular weight excluding hydrogens is 446 g/mol. The highest BCUT2D eigenvalue weighted by molar-refractivity contribution is 7.99. The number of aromatic nitrogens is 3. The van der Waals surface area contributed by atoms with E-state index in [0.29, 0.717) is 34.5 Å². The third-order valence-electron chi connectivity index (χ3n) is 4.56. The highest BCUT2D eigenvalue weighted by Gasteiger charge is 2.15. The molecule has 0 spiro atoms. The number of allylic oxidation sites excluding steroid dienone is 1. The number of non-ortho nitro benzene ring substituents is 1. The molecule has 0 fully saturated rings. The summed E-state index contributed by atoms with van der Waals surface area (Å²) in [6.45, 7) is 6.12. The van der Waals surface area contributed by atoms with Gasteiger partial charge in [0.2, 0.25) is 5.91 Å². The lowest BCUT2D eigenvalue weighted by atomic mass is 10.2. The minimum Gasteiger partial charge on any atom is -0.497 e. The highest BCUT2D eigenvalue weighted by atomic mass is 32.2. The molecule has 1 aromatic heterocycles. The molecule has 10 nitrogen and oxygen atoms in total. The first-order chi connectivity index (χ1) is 15.9. The Morgan fingerprint density at radius 3 is 2.61 bits per heavy atom. The topological polar surface area (TPSA) is 121 Å². The van der Waals surface area contributed by atoms with E-state index in [1.54, 1.807) is 44.4 Å². The zero-order valence-electron chi connectivity index (χ0n) is 18.2. The zero-order valence-corrected chi connectivity index (χ0v) is 19.0. The van der Waals surface area contributed by atoms with Gasteiger partial charge in [-0.05, 0) is 42.8 Å². The van der Waals surface area contributed by atoms with E-state index in [2.05, 4.69) is 22.1 Å². The minimum atomic E-state index is -0.475. The lowest BCUT2D eigenvalue weighted by Gasteiger charge is -2.10. The van der Waals surface area contributed by atoms with Crippen molar-refractivity contribution in [3.05, 3.63) is 76.6 Å². The maximum Gasteiger partial charge on any atom is 0.269 e. The molecule has 1 N–H and O–H groups in total. The van der Waals surface area contributed by atoms with Crippen LogP contribution in [0.5, 0.6) is 11.5 Å². The SMILES string of the molecule is C=CCn1c(COc2ccc(OC)cc2)nnc1SCC(=O)Nc1ccc([N+](=O)[O-])cc1C. The van der Waals surface area contributed by atoms with Gasteiger partial charge in [-0.2, -0.15) is 0 Å². The Labute approximate surface area is 194 Å². The summed E-state index contributed by atoms with van der Waals surface area (Å²) in [6.07, 6.45) is 1.71. The molecule has 11 heteroatoms. The number of ether oxygens (including phenoxy) is 2. The van der Waals surface area contributed by atoms with Gasteiger partial charge in [0.1, 0.15) is 18.1 Å². The van der Waals surface area contributed by atoms with E-state index in [4.69, 9.17) is 9.47 Å². The van der Waals surface area contributed by atoms with Crippen LogP contribution in [0.2, 0.25) is 0 Å². The molecule has 1 amide bonds. The highest BCUT2D eigenvalue weighted by Crippen LogP contribution is 2.23. The number of nitro groups is 1. The van der Waals surface area contributed by atoms with Crippen LogP contribution in [0.1, 0.15) is 11.4 Å². The molecule has 0 aliphatic heterocycles. The van der Waals surface area contributed by atoms with Crippen LogP contribution < -0.4 is 14.8 Å². The van der Waals surface area contributed by atoms with Gasteiger partial charge in [0.05, 0.1) is 17.8 Å². The fraction of sp³-hybridized carbons (Fsp3) is 0.227. The van der Waals surface area contributed by atoms with Gasteiger partial charge in [0, 0.05) is 24.4 Å². The number of carbonyl (C=O) groups is 1. The molecule has 0 aliphatic rings. The lowest BCUT2D eigenvalue weighted by Crippen LogP contribution is -2.15. The van der Waals surface area contributed by atoms with E-state index in [1.807, 2.05) is 4.57 Å². The molecular formula is C22H23N5O5S. The molecule has 0 unspecified atom stereocenters. The number of nitrogens with zero attached hydrogens (tertiary/aromatic N) is 4. The number of amides is 1. The van der Waals surface area contributed by atoms with Crippen molar-refractivity contribution in [1.82, 2.24) is 14.8 Å². The third-order valence-corrected chi connectivity index (χ3v) is 5.53. The van der Waals surface area contributed by atoms with Gasteiger partial charge in [0.15, 0.2) is 11.0 Å². The van der Waals surface area contributed by atoms with E-state index in [0.717, 1.165) is 5.75 Å². The Balaban J connectivity index is 1.61. The number of carbonyl (C=O) groups excluding carboxylic acids is 1. The van der Waals surface area contributed by atoms with Crippen molar-refractivity contribution in [3.63, 3.8) is 0 Å². The largest absolute Gasteiger partial charge is 0.497 e. The first-order valence-electron chi connectivity index (χ1n) is 9.88. The second-order valence-corrected chi connectivity index (χ2v) is 7.80. The molecule has 172 valence electrons. The Morgan fingerprint density at radius 1 is 1.24 bits per heavy atom. The number of thioether (sulfide) groups is 1. The molecule has 2 aromatic carbocycles. The minimum absolute atomic E-state index is 0.0261. The fourth-order valence-corrected chi connectivity index (χ4v) is 3.65. The summed E-state index contributed by atoms with van der Waals surface area (Å²) in [5.41, 5.74) is 1.10. The van der Waals surface area contributed by atoms with Crippen molar-refractivity contribution in [2.24, 2.45) is 0 Å². The first kappa shape index (κ1) is 23.8. The van der Waals surface area contributed by atoms with E-state index < -0.39 is 4.92 Å². The quantitative estimate of drug-likeness (QED) is 0.194. The number of nitrogens with one attached hydrogen (secondary N) is 1. The summed E-state index contributed by atoms with van der Waals surface area (Å²) < 4.78 is 12.7. The van der Waals surface area contributed by atoms with Crippen molar-refractivity contribution >= 4 is 29.0 Å². The first-order valence-corrected chi connectivity index (χ1v) is 10.9. The van der Waals surface area contributed by atoms with Gasteiger partial charge in [-0.15, -0.1) is 16.8 Å². The van der Waals surface area contributed by atoms with E-state index >= 15 is 0 Å². The predicted molar refractivity (Wildman–Crippen MR) is 125 cm³/mol. The third kappa shape index (κ3) is 6.32. The number of hydrogen-bond donors (Lipinski definition) is 1. The van der Waals surface area contributed by atoms with Gasteiger partial charge < -0.3 is 14.8 Å². The monoisotopic (exact) mass is 469 g/mol. The molecule has 1 heterocycles. The summed E-state index contributed by atoms with van der Waals surface area (Å²) in [5, 5.41) is 22.5. The van der Waals surface area contributed by atoms with E-state index in [1.165, 1.54) is 30.0 Å².